The summed E-state index contributed by atoms with van der Waals surface area (Å²) in [5.41, 5.74) is -1.18. The predicted octanol–water partition coefficient (Wildman–Crippen LogP) is 3.58. The Hall–Kier alpha value is -1.13. The molecule has 6 heteroatoms. The highest BCUT2D eigenvalue weighted by Gasteiger charge is 2.42. The maximum absolute atomic E-state index is 13.8. The highest BCUT2D eigenvalue weighted by Crippen LogP contribution is 2.47. The van der Waals surface area contributed by atoms with Crippen LogP contribution >= 0.6 is 15.9 Å². The second-order valence-corrected chi connectivity index (χ2v) is 4.73. The van der Waals surface area contributed by atoms with E-state index >= 15 is 0 Å². The highest BCUT2D eigenvalue weighted by molar-refractivity contribution is 9.10. The van der Waals surface area contributed by atoms with E-state index in [4.69, 9.17) is 0 Å². The van der Waals surface area contributed by atoms with Crippen molar-refractivity contribution in [3.05, 3.63) is 33.6 Å². The SMILES string of the molecule is O=C=NC1(c2cc(F)c(F)c(Br)c2F)CCC1. The van der Waals surface area contributed by atoms with Crippen LogP contribution in [0.15, 0.2) is 15.5 Å². The zero-order chi connectivity index (χ0) is 12.6. The number of nitrogens with zero attached hydrogens (tertiary/aromatic N) is 1. The van der Waals surface area contributed by atoms with E-state index < -0.39 is 27.5 Å². The molecule has 2 rings (SSSR count). The Morgan fingerprint density at radius 1 is 1.29 bits per heavy atom. The third kappa shape index (κ3) is 1.81. The van der Waals surface area contributed by atoms with Crippen molar-refractivity contribution in [3.63, 3.8) is 0 Å². The Morgan fingerprint density at radius 3 is 2.41 bits per heavy atom. The van der Waals surface area contributed by atoms with Gasteiger partial charge in [-0.15, -0.1) is 0 Å². The minimum Gasteiger partial charge on any atom is -0.211 e. The van der Waals surface area contributed by atoms with Crippen molar-refractivity contribution in [2.45, 2.75) is 24.8 Å². The van der Waals surface area contributed by atoms with E-state index in [9.17, 15) is 18.0 Å². The summed E-state index contributed by atoms with van der Waals surface area (Å²) in [5, 5.41) is 0. The zero-order valence-electron chi connectivity index (χ0n) is 8.57. The molecule has 1 fully saturated rings. The summed E-state index contributed by atoms with van der Waals surface area (Å²) < 4.78 is 39.6. The van der Waals surface area contributed by atoms with Gasteiger partial charge < -0.3 is 0 Å². The molecule has 0 bridgehead atoms. The van der Waals surface area contributed by atoms with Crippen LogP contribution in [0.2, 0.25) is 0 Å². The average molecular weight is 306 g/mol. The van der Waals surface area contributed by atoms with Crippen molar-refractivity contribution < 1.29 is 18.0 Å². The normalized spacial score (nSPS) is 17.2. The second kappa shape index (κ2) is 4.27. The third-order valence-electron chi connectivity index (χ3n) is 3.04. The molecule has 2 nitrogen and oxygen atoms in total. The number of hydrogen-bond acceptors (Lipinski definition) is 2. The molecule has 0 N–H and O–H groups in total. The molecule has 0 aliphatic heterocycles. The van der Waals surface area contributed by atoms with Gasteiger partial charge in [0.1, 0.15) is 11.4 Å². The van der Waals surface area contributed by atoms with Gasteiger partial charge in [0.2, 0.25) is 6.08 Å². The fraction of sp³-hybridized carbons (Fsp3) is 0.364. The topological polar surface area (TPSA) is 29.4 Å². The molecule has 1 aromatic carbocycles. The Kier molecular flexibility index (Phi) is 3.10. The Morgan fingerprint density at radius 2 is 1.94 bits per heavy atom. The Balaban J connectivity index is 2.63. The monoisotopic (exact) mass is 305 g/mol. The fourth-order valence-corrected chi connectivity index (χ4v) is 2.35. The van der Waals surface area contributed by atoms with E-state index in [0.717, 1.165) is 12.5 Å². The highest BCUT2D eigenvalue weighted by atomic mass is 79.9. The maximum atomic E-state index is 13.8. The minimum atomic E-state index is -1.28. The van der Waals surface area contributed by atoms with E-state index in [2.05, 4.69) is 20.9 Å². The molecule has 0 atom stereocenters. The van der Waals surface area contributed by atoms with Gasteiger partial charge in [0.25, 0.3) is 0 Å². The Labute approximate surface area is 104 Å². The molecular formula is C11H7BrF3NO. The molecule has 1 aliphatic carbocycles. The van der Waals surface area contributed by atoms with Crippen LogP contribution < -0.4 is 0 Å². The molecule has 1 aliphatic rings. The number of rotatable bonds is 2. The molecule has 0 radical (unpaired) electrons. The van der Waals surface area contributed by atoms with Crippen LogP contribution in [-0.4, -0.2) is 6.08 Å². The van der Waals surface area contributed by atoms with Gasteiger partial charge in [-0.05, 0) is 41.3 Å². The molecule has 90 valence electrons. The lowest BCUT2D eigenvalue weighted by Gasteiger charge is -2.37. The lowest BCUT2D eigenvalue weighted by Crippen LogP contribution is -2.33. The van der Waals surface area contributed by atoms with E-state index in [0.29, 0.717) is 12.8 Å². The van der Waals surface area contributed by atoms with Gasteiger partial charge in [-0.3, -0.25) is 0 Å². The van der Waals surface area contributed by atoms with Gasteiger partial charge >= 0.3 is 0 Å². The standard InChI is InChI=1S/C11H7BrF3NO/c12-8-9(14)6(4-7(13)10(8)15)11(16-5-17)2-1-3-11/h4H,1-3H2. The molecule has 1 saturated carbocycles. The first-order valence-corrected chi connectivity index (χ1v) is 5.73. The number of hydrogen-bond donors (Lipinski definition) is 0. The molecule has 0 unspecified atom stereocenters. The number of halogens is 4. The van der Waals surface area contributed by atoms with Crippen LogP contribution in [0.3, 0.4) is 0 Å². The summed E-state index contributed by atoms with van der Waals surface area (Å²) in [7, 11) is 0. The number of carbonyl (C=O) groups excluding carboxylic acids is 1. The summed E-state index contributed by atoms with van der Waals surface area (Å²) in [6.07, 6.45) is 2.97. The van der Waals surface area contributed by atoms with Crippen molar-refractivity contribution in [2.24, 2.45) is 4.99 Å². The first-order valence-electron chi connectivity index (χ1n) is 4.94. The maximum Gasteiger partial charge on any atom is 0.235 e. The molecule has 0 spiro atoms. The fourth-order valence-electron chi connectivity index (χ4n) is 1.95. The summed E-state index contributed by atoms with van der Waals surface area (Å²) >= 11 is 2.65. The summed E-state index contributed by atoms with van der Waals surface area (Å²) in [5.74, 6) is -3.36. The van der Waals surface area contributed by atoms with Crippen LogP contribution in [0.1, 0.15) is 24.8 Å². The van der Waals surface area contributed by atoms with E-state index in [1.165, 1.54) is 6.08 Å². The molecule has 0 amide bonds. The van der Waals surface area contributed by atoms with Crippen molar-refractivity contribution in [1.82, 2.24) is 0 Å². The lowest BCUT2D eigenvalue weighted by molar-refractivity contribution is 0.245. The van der Waals surface area contributed by atoms with Crippen LogP contribution in [-0.2, 0) is 10.3 Å². The quantitative estimate of drug-likeness (QED) is 0.355. The molecule has 0 aromatic heterocycles. The second-order valence-electron chi connectivity index (χ2n) is 3.94. The minimum absolute atomic E-state index is 0.0992. The van der Waals surface area contributed by atoms with Gasteiger partial charge in [-0.1, -0.05) is 0 Å². The first-order chi connectivity index (χ1) is 8.02. The van der Waals surface area contributed by atoms with Crippen LogP contribution in [0.4, 0.5) is 13.2 Å². The van der Waals surface area contributed by atoms with Crippen molar-refractivity contribution in [2.75, 3.05) is 0 Å². The molecular weight excluding hydrogens is 299 g/mol. The summed E-state index contributed by atoms with van der Waals surface area (Å²) in [4.78, 5) is 13.9. The molecule has 0 saturated heterocycles. The van der Waals surface area contributed by atoms with Crippen LogP contribution in [0, 0.1) is 17.5 Å². The summed E-state index contributed by atoms with van der Waals surface area (Å²) in [6.45, 7) is 0. The Bertz CT molecular complexity index is 522. The molecule has 0 heterocycles. The lowest BCUT2D eigenvalue weighted by atomic mass is 9.72. The van der Waals surface area contributed by atoms with Gasteiger partial charge in [0.05, 0.1) is 4.47 Å². The van der Waals surface area contributed by atoms with Crippen molar-refractivity contribution >= 4 is 22.0 Å². The number of isocyanates is 1. The van der Waals surface area contributed by atoms with Crippen LogP contribution in [0.5, 0.6) is 0 Å². The average Bonchev–Trinajstić information content (AvgIpc) is 2.26. The van der Waals surface area contributed by atoms with E-state index in [-0.39, 0.29) is 5.56 Å². The summed E-state index contributed by atoms with van der Waals surface area (Å²) in [6, 6.07) is 0.759. The number of benzene rings is 1. The number of aliphatic imine (C=N–C) groups is 1. The van der Waals surface area contributed by atoms with Gasteiger partial charge in [-0.2, -0.15) is 4.99 Å². The van der Waals surface area contributed by atoms with E-state index in [1.807, 2.05) is 0 Å². The largest absolute Gasteiger partial charge is 0.235 e. The van der Waals surface area contributed by atoms with Gasteiger partial charge in [0, 0.05) is 5.56 Å². The van der Waals surface area contributed by atoms with Crippen molar-refractivity contribution in [1.29, 1.82) is 0 Å². The first kappa shape index (κ1) is 12.3. The predicted molar refractivity (Wildman–Crippen MR) is 57.7 cm³/mol. The zero-order valence-corrected chi connectivity index (χ0v) is 10.2. The third-order valence-corrected chi connectivity index (χ3v) is 3.74. The van der Waals surface area contributed by atoms with E-state index in [1.54, 1.807) is 0 Å². The smallest absolute Gasteiger partial charge is 0.211 e. The van der Waals surface area contributed by atoms with Gasteiger partial charge in [-0.25, -0.2) is 18.0 Å². The molecule has 17 heavy (non-hydrogen) atoms. The van der Waals surface area contributed by atoms with Gasteiger partial charge in [0.15, 0.2) is 11.6 Å². The molecule has 1 aromatic rings. The van der Waals surface area contributed by atoms with Crippen LogP contribution in [0.25, 0.3) is 0 Å². The van der Waals surface area contributed by atoms with Crippen molar-refractivity contribution in [3.8, 4) is 0 Å².